The normalized spacial score (nSPS) is 16.7. The van der Waals surface area contributed by atoms with Gasteiger partial charge >= 0.3 is 12.0 Å². The van der Waals surface area contributed by atoms with E-state index >= 15 is 0 Å². The molecule has 1 N–H and O–H groups in total. The zero-order valence-corrected chi connectivity index (χ0v) is 14.5. The number of nitrogens with zero attached hydrogens (tertiary/aromatic N) is 7. The molecule has 1 fully saturated rings. The van der Waals surface area contributed by atoms with Crippen LogP contribution >= 0.6 is 0 Å². The fraction of sp³-hybridized carbons (Fsp3) is 0.375. The Hall–Kier alpha value is -3.30. The Morgan fingerprint density at radius 2 is 1.85 bits per heavy atom. The Morgan fingerprint density at radius 3 is 2.46 bits per heavy atom. The summed E-state index contributed by atoms with van der Waals surface area (Å²) in [5.74, 6) is 1.20. The van der Waals surface area contributed by atoms with Crippen molar-refractivity contribution in [1.29, 1.82) is 0 Å². The topological polar surface area (TPSA) is 115 Å². The van der Waals surface area contributed by atoms with Crippen molar-refractivity contribution in [1.82, 2.24) is 34.9 Å². The summed E-state index contributed by atoms with van der Waals surface area (Å²) in [7, 11) is 3.03. The number of aromatic nitrogens is 7. The molecule has 0 aliphatic carbocycles. The van der Waals surface area contributed by atoms with Gasteiger partial charge < -0.3 is 19.4 Å². The van der Waals surface area contributed by atoms with E-state index in [0.717, 1.165) is 25.1 Å². The molecule has 4 rings (SSSR count). The maximum Gasteiger partial charge on any atom is 0.324 e. The fourth-order valence-corrected chi connectivity index (χ4v) is 2.99. The smallest absolute Gasteiger partial charge is 0.324 e. The van der Waals surface area contributed by atoms with Crippen molar-refractivity contribution in [2.75, 3.05) is 25.7 Å². The van der Waals surface area contributed by atoms with E-state index in [1.54, 1.807) is 24.8 Å². The summed E-state index contributed by atoms with van der Waals surface area (Å²) in [5, 5.41) is 0. The van der Waals surface area contributed by atoms with Gasteiger partial charge in [0.05, 0.1) is 38.3 Å². The van der Waals surface area contributed by atoms with Gasteiger partial charge in [0.1, 0.15) is 5.69 Å². The van der Waals surface area contributed by atoms with Gasteiger partial charge in [-0.3, -0.25) is 4.98 Å². The van der Waals surface area contributed by atoms with E-state index in [9.17, 15) is 0 Å². The molecule has 1 aliphatic rings. The second kappa shape index (κ2) is 6.90. The first kappa shape index (κ1) is 16.2. The van der Waals surface area contributed by atoms with Gasteiger partial charge in [-0.25, -0.2) is 9.97 Å². The Bertz CT molecular complexity index is 846. The lowest BCUT2D eigenvalue weighted by Crippen LogP contribution is -2.26. The molecule has 0 saturated carbocycles. The second-order valence-electron chi connectivity index (χ2n) is 5.72. The number of imidazole rings is 1. The van der Waals surface area contributed by atoms with Gasteiger partial charge in [0.2, 0.25) is 5.95 Å². The number of ether oxygens (including phenoxy) is 2. The van der Waals surface area contributed by atoms with E-state index in [1.807, 2.05) is 0 Å². The van der Waals surface area contributed by atoms with Crippen molar-refractivity contribution in [2.24, 2.45) is 0 Å². The molecule has 1 saturated heterocycles. The molecule has 0 radical (unpaired) electrons. The van der Waals surface area contributed by atoms with Gasteiger partial charge in [-0.2, -0.15) is 9.97 Å². The van der Waals surface area contributed by atoms with Crippen molar-refractivity contribution < 1.29 is 9.47 Å². The highest BCUT2D eigenvalue weighted by molar-refractivity contribution is 5.47. The highest BCUT2D eigenvalue weighted by Crippen LogP contribution is 2.34. The number of H-pyrrole nitrogens is 1. The molecule has 0 bridgehead atoms. The second-order valence-corrected chi connectivity index (χ2v) is 5.72. The lowest BCUT2D eigenvalue weighted by atomic mass is 10.1. The molecule has 1 atom stereocenters. The summed E-state index contributed by atoms with van der Waals surface area (Å²) in [6.45, 7) is 0.808. The van der Waals surface area contributed by atoms with Crippen LogP contribution in [-0.2, 0) is 0 Å². The molecule has 3 aromatic rings. The third kappa shape index (κ3) is 3.01. The summed E-state index contributed by atoms with van der Waals surface area (Å²) in [6.07, 6.45) is 8.87. The van der Waals surface area contributed by atoms with Crippen molar-refractivity contribution in [3.8, 4) is 23.5 Å². The Balaban J connectivity index is 1.62. The Kier molecular flexibility index (Phi) is 4.30. The average Bonchev–Trinajstić information content (AvgIpc) is 3.39. The maximum atomic E-state index is 5.15. The number of hydrogen-bond acceptors (Lipinski definition) is 9. The Labute approximate surface area is 149 Å². The molecule has 1 unspecified atom stereocenters. The van der Waals surface area contributed by atoms with Gasteiger partial charge in [0.25, 0.3) is 0 Å². The number of aromatic amines is 1. The summed E-state index contributed by atoms with van der Waals surface area (Å²) in [5.41, 5.74) is 1.56. The predicted molar refractivity (Wildman–Crippen MR) is 91.9 cm³/mol. The van der Waals surface area contributed by atoms with Crippen LogP contribution in [-0.4, -0.2) is 55.7 Å². The number of nitrogens with one attached hydrogen (secondary N) is 1. The monoisotopic (exact) mass is 354 g/mol. The van der Waals surface area contributed by atoms with Gasteiger partial charge in [-0.05, 0) is 12.8 Å². The predicted octanol–water partition coefficient (Wildman–Crippen LogP) is 1.41. The van der Waals surface area contributed by atoms with Gasteiger partial charge in [0.15, 0.2) is 5.82 Å². The van der Waals surface area contributed by atoms with E-state index in [1.165, 1.54) is 14.2 Å². The first-order valence-corrected chi connectivity index (χ1v) is 8.21. The lowest BCUT2D eigenvalue weighted by molar-refractivity contribution is 0.339. The third-order valence-corrected chi connectivity index (χ3v) is 4.21. The third-order valence-electron chi connectivity index (χ3n) is 4.21. The molecule has 4 heterocycles. The van der Waals surface area contributed by atoms with E-state index in [-0.39, 0.29) is 18.1 Å². The standard InChI is InChI=1S/C16H18N8O2/c1-25-15-21-14(22-16(23-15)26-2)24-7-3-4-12(24)10-8-20-11(9-19-10)13-17-5-6-18-13/h5-6,8-9,12H,3-4,7H2,1-2H3,(H,17,18). The molecule has 3 aromatic heterocycles. The molecule has 0 amide bonds. The maximum absolute atomic E-state index is 5.15. The van der Waals surface area contributed by atoms with Crippen LogP contribution in [0.5, 0.6) is 12.0 Å². The molecule has 10 nitrogen and oxygen atoms in total. The van der Waals surface area contributed by atoms with Crippen molar-refractivity contribution in [3.05, 3.63) is 30.5 Å². The van der Waals surface area contributed by atoms with Crippen molar-refractivity contribution >= 4 is 5.95 Å². The number of anilines is 1. The van der Waals surface area contributed by atoms with E-state index in [2.05, 4.69) is 39.8 Å². The van der Waals surface area contributed by atoms with Crippen LogP contribution in [0.25, 0.3) is 11.5 Å². The van der Waals surface area contributed by atoms with Crippen LogP contribution in [0.15, 0.2) is 24.8 Å². The molecule has 26 heavy (non-hydrogen) atoms. The minimum atomic E-state index is 0.0324. The molecule has 0 spiro atoms. The van der Waals surface area contributed by atoms with Crippen LogP contribution in [0.3, 0.4) is 0 Å². The molecular weight excluding hydrogens is 336 g/mol. The first-order chi connectivity index (χ1) is 12.8. The minimum absolute atomic E-state index is 0.0324. The summed E-state index contributed by atoms with van der Waals surface area (Å²) in [4.78, 5) is 31.1. The van der Waals surface area contributed by atoms with Crippen molar-refractivity contribution in [3.63, 3.8) is 0 Å². The zero-order valence-electron chi connectivity index (χ0n) is 14.5. The largest absolute Gasteiger partial charge is 0.467 e. The Morgan fingerprint density at radius 1 is 1.04 bits per heavy atom. The van der Waals surface area contributed by atoms with E-state index in [0.29, 0.717) is 17.5 Å². The van der Waals surface area contributed by atoms with Crippen LogP contribution in [0, 0.1) is 0 Å². The van der Waals surface area contributed by atoms with Gasteiger partial charge in [0, 0.05) is 18.9 Å². The SMILES string of the molecule is COc1nc(OC)nc(N2CCCC2c2cnc(-c3ncc[nH]3)cn2)n1. The zero-order chi connectivity index (χ0) is 17.9. The first-order valence-electron chi connectivity index (χ1n) is 8.21. The highest BCUT2D eigenvalue weighted by Gasteiger charge is 2.30. The van der Waals surface area contributed by atoms with E-state index in [4.69, 9.17) is 9.47 Å². The number of hydrogen-bond donors (Lipinski definition) is 1. The molecule has 10 heteroatoms. The van der Waals surface area contributed by atoms with Crippen LogP contribution < -0.4 is 14.4 Å². The van der Waals surface area contributed by atoms with Gasteiger partial charge in [-0.15, -0.1) is 4.98 Å². The molecule has 134 valence electrons. The fourth-order valence-electron chi connectivity index (χ4n) is 2.99. The molecule has 0 aromatic carbocycles. The van der Waals surface area contributed by atoms with Crippen molar-refractivity contribution in [2.45, 2.75) is 18.9 Å². The van der Waals surface area contributed by atoms with Gasteiger partial charge in [-0.1, -0.05) is 0 Å². The van der Waals surface area contributed by atoms with E-state index < -0.39 is 0 Å². The summed E-state index contributed by atoms with van der Waals surface area (Å²) >= 11 is 0. The highest BCUT2D eigenvalue weighted by atomic mass is 16.5. The van der Waals surface area contributed by atoms with Crippen LogP contribution in [0.1, 0.15) is 24.6 Å². The number of rotatable bonds is 5. The average molecular weight is 354 g/mol. The quantitative estimate of drug-likeness (QED) is 0.726. The minimum Gasteiger partial charge on any atom is -0.467 e. The summed E-state index contributed by atoms with van der Waals surface area (Å²) < 4.78 is 10.3. The van der Waals surface area contributed by atoms with Crippen LogP contribution in [0.4, 0.5) is 5.95 Å². The van der Waals surface area contributed by atoms with Crippen LogP contribution in [0.2, 0.25) is 0 Å². The summed E-state index contributed by atoms with van der Waals surface area (Å²) in [6, 6.07) is 0.471. The number of methoxy groups -OCH3 is 2. The molecular formula is C16H18N8O2. The lowest BCUT2D eigenvalue weighted by Gasteiger charge is -2.24. The molecule has 1 aliphatic heterocycles.